The molecule has 3 atom stereocenters. The summed E-state index contributed by atoms with van der Waals surface area (Å²) in [4.78, 5) is 25.3. The summed E-state index contributed by atoms with van der Waals surface area (Å²) in [5.41, 5.74) is -0.679. The summed E-state index contributed by atoms with van der Waals surface area (Å²) in [6.45, 7) is 11.9. The van der Waals surface area contributed by atoms with Gasteiger partial charge in [0, 0.05) is 11.3 Å². The molecule has 2 aliphatic rings. The molecule has 1 N–H and O–H groups in total. The highest BCUT2D eigenvalue weighted by Gasteiger charge is 2.55. The number of amides is 1. The zero-order valence-electron chi connectivity index (χ0n) is 14.5. The molecular weight excluding hydrogens is 262 g/mol. The Morgan fingerprint density at radius 1 is 0.952 bits per heavy atom. The van der Waals surface area contributed by atoms with Crippen molar-refractivity contribution in [1.29, 1.82) is 0 Å². The second-order valence-corrected chi connectivity index (χ2v) is 9.06. The Bertz CT molecular complexity index is 415. The number of ketones is 1. The summed E-state index contributed by atoms with van der Waals surface area (Å²) < 4.78 is 0. The SMILES string of the molecule is CC(C)(C)C(=O)[C@@H](NC(=O)C1C2CCCCC21)C(C)(C)C. The van der Waals surface area contributed by atoms with Gasteiger partial charge in [-0.15, -0.1) is 0 Å². The highest BCUT2D eigenvalue weighted by molar-refractivity contribution is 5.94. The van der Waals surface area contributed by atoms with Crippen molar-refractivity contribution in [3.63, 3.8) is 0 Å². The normalized spacial score (nSPS) is 30.3. The molecule has 0 heterocycles. The number of Topliss-reactive ketones (excluding diaryl/α,β-unsaturated/α-hetero) is 1. The van der Waals surface area contributed by atoms with Crippen LogP contribution >= 0.6 is 0 Å². The van der Waals surface area contributed by atoms with E-state index in [9.17, 15) is 9.59 Å². The van der Waals surface area contributed by atoms with E-state index in [0.717, 1.165) is 0 Å². The van der Waals surface area contributed by atoms with Crippen LogP contribution in [0.1, 0.15) is 67.2 Å². The highest BCUT2D eigenvalue weighted by atomic mass is 16.2. The number of hydrogen-bond donors (Lipinski definition) is 1. The maximum Gasteiger partial charge on any atom is 0.224 e. The van der Waals surface area contributed by atoms with Crippen LogP contribution in [0.3, 0.4) is 0 Å². The quantitative estimate of drug-likeness (QED) is 0.864. The number of carbonyl (C=O) groups excluding carboxylic acids is 2. The first kappa shape index (κ1) is 16.5. The van der Waals surface area contributed by atoms with E-state index in [1.54, 1.807) is 0 Å². The molecule has 2 fully saturated rings. The molecule has 2 unspecified atom stereocenters. The second kappa shape index (κ2) is 5.40. The Balaban J connectivity index is 2.06. The van der Waals surface area contributed by atoms with Crippen molar-refractivity contribution >= 4 is 11.7 Å². The van der Waals surface area contributed by atoms with Gasteiger partial charge in [0.15, 0.2) is 5.78 Å². The molecule has 0 saturated heterocycles. The van der Waals surface area contributed by atoms with E-state index in [0.29, 0.717) is 11.8 Å². The monoisotopic (exact) mass is 293 g/mol. The standard InChI is InChI=1S/C18H31NO2/c1-17(2,3)14(15(20)18(4,5)6)19-16(21)13-11-9-7-8-10-12(11)13/h11-14H,7-10H2,1-6H3,(H,19,21)/t11?,12?,13?,14-/m1/s1. The van der Waals surface area contributed by atoms with Gasteiger partial charge >= 0.3 is 0 Å². The summed E-state index contributed by atoms with van der Waals surface area (Å²) >= 11 is 0. The van der Waals surface area contributed by atoms with Crippen molar-refractivity contribution in [2.45, 2.75) is 73.3 Å². The van der Waals surface area contributed by atoms with E-state index >= 15 is 0 Å². The fourth-order valence-electron chi connectivity index (χ4n) is 3.73. The number of nitrogens with one attached hydrogen (secondary N) is 1. The van der Waals surface area contributed by atoms with E-state index in [1.165, 1.54) is 25.7 Å². The third kappa shape index (κ3) is 3.49. The molecule has 2 rings (SSSR count). The van der Waals surface area contributed by atoms with E-state index in [-0.39, 0.29) is 23.0 Å². The van der Waals surface area contributed by atoms with Gasteiger partial charge in [-0.2, -0.15) is 0 Å². The molecule has 0 aromatic carbocycles. The first-order valence-corrected chi connectivity index (χ1v) is 8.38. The van der Waals surface area contributed by atoms with E-state index in [4.69, 9.17) is 0 Å². The molecule has 2 aliphatic carbocycles. The molecule has 0 radical (unpaired) electrons. The third-order valence-corrected chi connectivity index (χ3v) is 5.11. The van der Waals surface area contributed by atoms with Crippen LogP contribution in [0.15, 0.2) is 0 Å². The van der Waals surface area contributed by atoms with Gasteiger partial charge in [0.1, 0.15) is 0 Å². The Labute approximate surface area is 129 Å². The van der Waals surface area contributed by atoms with Crippen molar-refractivity contribution in [3.05, 3.63) is 0 Å². The second-order valence-electron chi connectivity index (χ2n) is 9.06. The van der Waals surface area contributed by atoms with Crippen molar-refractivity contribution in [2.24, 2.45) is 28.6 Å². The predicted octanol–water partition coefficient (Wildman–Crippen LogP) is 3.57. The zero-order valence-corrected chi connectivity index (χ0v) is 14.5. The van der Waals surface area contributed by atoms with Gasteiger partial charge < -0.3 is 5.32 Å². The highest BCUT2D eigenvalue weighted by Crippen LogP contribution is 2.55. The Morgan fingerprint density at radius 3 is 1.81 bits per heavy atom. The Morgan fingerprint density at radius 2 is 1.43 bits per heavy atom. The Hall–Kier alpha value is -0.860. The van der Waals surface area contributed by atoms with Gasteiger partial charge in [0.05, 0.1) is 6.04 Å². The summed E-state index contributed by atoms with van der Waals surface area (Å²) in [5.74, 6) is 1.59. The molecule has 120 valence electrons. The average molecular weight is 293 g/mol. The zero-order chi connectivity index (χ0) is 16.0. The summed E-state index contributed by atoms with van der Waals surface area (Å²) in [5, 5.41) is 3.09. The lowest BCUT2D eigenvalue weighted by molar-refractivity contribution is -0.135. The fourth-order valence-corrected chi connectivity index (χ4v) is 3.73. The van der Waals surface area contributed by atoms with Crippen LogP contribution in [0.4, 0.5) is 0 Å². The molecule has 0 bridgehead atoms. The lowest BCUT2D eigenvalue weighted by Crippen LogP contribution is -2.53. The molecular formula is C18H31NO2. The van der Waals surface area contributed by atoms with E-state index in [2.05, 4.69) is 5.32 Å². The number of carbonyl (C=O) groups is 2. The van der Waals surface area contributed by atoms with E-state index < -0.39 is 11.5 Å². The third-order valence-electron chi connectivity index (χ3n) is 5.11. The van der Waals surface area contributed by atoms with Crippen LogP contribution in [-0.2, 0) is 9.59 Å². The molecule has 3 nitrogen and oxygen atoms in total. The largest absolute Gasteiger partial charge is 0.345 e. The van der Waals surface area contributed by atoms with Gasteiger partial charge in [-0.1, -0.05) is 54.4 Å². The maximum atomic E-state index is 12.7. The number of hydrogen-bond acceptors (Lipinski definition) is 2. The van der Waals surface area contributed by atoms with Crippen LogP contribution in [-0.4, -0.2) is 17.7 Å². The van der Waals surface area contributed by atoms with Crippen LogP contribution in [0.2, 0.25) is 0 Å². The van der Waals surface area contributed by atoms with Crippen molar-refractivity contribution in [3.8, 4) is 0 Å². The van der Waals surface area contributed by atoms with Gasteiger partial charge in [-0.25, -0.2) is 0 Å². The Kier molecular flexibility index (Phi) is 4.25. The van der Waals surface area contributed by atoms with Crippen molar-refractivity contribution in [1.82, 2.24) is 5.32 Å². The molecule has 3 heteroatoms. The van der Waals surface area contributed by atoms with Gasteiger partial charge in [-0.3, -0.25) is 9.59 Å². The first-order chi connectivity index (χ1) is 9.53. The molecule has 1 amide bonds. The average Bonchev–Trinajstić information content (AvgIpc) is 3.06. The summed E-state index contributed by atoms with van der Waals surface area (Å²) in [6.07, 6.45) is 4.90. The van der Waals surface area contributed by atoms with Gasteiger partial charge in [-0.05, 0) is 30.1 Å². The maximum absolute atomic E-state index is 12.7. The molecule has 0 aromatic rings. The molecule has 0 aromatic heterocycles. The van der Waals surface area contributed by atoms with Crippen LogP contribution < -0.4 is 5.32 Å². The molecule has 0 spiro atoms. The van der Waals surface area contributed by atoms with Gasteiger partial charge in [0.25, 0.3) is 0 Å². The van der Waals surface area contributed by atoms with Crippen LogP contribution in [0, 0.1) is 28.6 Å². The minimum atomic E-state index is -0.429. The topological polar surface area (TPSA) is 46.2 Å². The molecule has 21 heavy (non-hydrogen) atoms. The fraction of sp³-hybridized carbons (Fsp3) is 0.889. The van der Waals surface area contributed by atoms with Gasteiger partial charge in [0.2, 0.25) is 5.91 Å². The number of rotatable bonds is 3. The molecule has 2 saturated carbocycles. The smallest absolute Gasteiger partial charge is 0.224 e. The predicted molar refractivity (Wildman–Crippen MR) is 84.8 cm³/mol. The summed E-state index contributed by atoms with van der Waals surface area (Å²) in [7, 11) is 0. The molecule has 0 aliphatic heterocycles. The first-order valence-electron chi connectivity index (χ1n) is 8.38. The van der Waals surface area contributed by atoms with Crippen molar-refractivity contribution in [2.75, 3.05) is 0 Å². The van der Waals surface area contributed by atoms with E-state index in [1.807, 2.05) is 41.5 Å². The summed E-state index contributed by atoms with van der Waals surface area (Å²) in [6, 6.07) is -0.396. The number of fused-ring (bicyclic) bond motifs is 1. The minimum Gasteiger partial charge on any atom is -0.345 e. The van der Waals surface area contributed by atoms with Crippen LogP contribution in [0.25, 0.3) is 0 Å². The van der Waals surface area contributed by atoms with Crippen molar-refractivity contribution < 1.29 is 9.59 Å². The lowest BCUT2D eigenvalue weighted by Gasteiger charge is -2.34. The van der Waals surface area contributed by atoms with Crippen LogP contribution in [0.5, 0.6) is 0 Å². The minimum absolute atomic E-state index is 0.115. The lowest BCUT2D eigenvalue weighted by atomic mass is 9.75.